The normalized spacial score (nSPS) is 18.8. The van der Waals surface area contributed by atoms with Crippen molar-refractivity contribution in [1.29, 1.82) is 0 Å². The molecule has 112 valence electrons. The number of ether oxygens (including phenoxy) is 1. The zero-order valence-electron chi connectivity index (χ0n) is 12.4. The molecule has 1 fully saturated rings. The summed E-state index contributed by atoms with van der Waals surface area (Å²) in [6.45, 7) is 10.2. The van der Waals surface area contributed by atoms with Crippen LogP contribution in [-0.2, 0) is 4.74 Å². The van der Waals surface area contributed by atoms with Crippen LogP contribution in [0.25, 0.3) is 0 Å². The van der Waals surface area contributed by atoms with E-state index in [2.05, 4.69) is 29.4 Å². The highest BCUT2D eigenvalue weighted by atomic mass is 32.1. The van der Waals surface area contributed by atoms with Crippen molar-refractivity contribution in [2.24, 2.45) is 0 Å². The molecular formula is C14H23N3O2S. The van der Waals surface area contributed by atoms with Gasteiger partial charge in [-0.3, -0.25) is 4.90 Å². The van der Waals surface area contributed by atoms with Crippen molar-refractivity contribution in [3.8, 4) is 0 Å². The van der Waals surface area contributed by atoms with E-state index in [1.54, 1.807) is 11.3 Å². The van der Waals surface area contributed by atoms with Gasteiger partial charge in [0.1, 0.15) is 0 Å². The largest absolute Gasteiger partial charge is 0.378 e. The number of morpholine rings is 1. The molecule has 0 atom stereocenters. The lowest BCUT2D eigenvalue weighted by Crippen LogP contribution is -2.54. The molecule has 2 amide bonds. The van der Waals surface area contributed by atoms with Crippen LogP contribution in [0.4, 0.5) is 10.5 Å². The second-order valence-electron chi connectivity index (χ2n) is 5.70. The summed E-state index contributed by atoms with van der Waals surface area (Å²) in [6, 6.07) is -0.141. The minimum absolute atomic E-state index is 0.0420. The van der Waals surface area contributed by atoms with Crippen molar-refractivity contribution in [1.82, 2.24) is 10.2 Å². The van der Waals surface area contributed by atoms with Gasteiger partial charge in [-0.1, -0.05) is 0 Å². The average molecular weight is 297 g/mol. The summed E-state index contributed by atoms with van der Waals surface area (Å²) in [5.74, 6) is 0. The summed E-state index contributed by atoms with van der Waals surface area (Å²) < 4.78 is 5.49. The van der Waals surface area contributed by atoms with Gasteiger partial charge in [0, 0.05) is 30.6 Å². The van der Waals surface area contributed by atoms with Crippen LogP contribution < -0.4 is 10.6 Å². The maximum atomic E-state index is 11.8. The maximum Gasteiger partial charge on any atom is 0.319 e. The van der Waals surface area contributed by atoms with Crippen molar-refractivity contribution in [3.63, 3.8) is 0 Å². The molecule has 0 bridgehead atoms. The summed E-state index contributed by atoms with van der Waals surface area (Å²) in [5, 5.41) is 9.74. The fourth-order valence-electron chi connectivity index (χ4n) is 2.26. The molecular weight excluding hydrogens is 274 g/mol. The molecule has 0 spiro atoms. The van der Waals surface area contributed by atoms with Crippen LogP contribution in [0.1, 0.15) is 19.4 Å². The standard InChI is InChI=1S/C14H23N3O2S/c1-11-8-20-9-12(11)16-13(18)15-4-5-17-6-7-19-10-14(17,2)3/h8-9H,4-7,10H2,1-3H3,(H2,15,16,18). The summed E-state index contributed by atoms with van der Waals surface area (Å²) in [4.78, 5) is 14.2. The van der Waals surface area contributed by atoms with Gasteiger partial charge in [-0.15, -0.1) is 11.3 Å². The molecule has 1 aliphatic heterocycles. The Kier molecular flexibility index (Phi) is 5.01. The van der Waals surface area contributed by atoms with Crippen molar-refractivity contribution < 1.29 is 9.53 Å². The molecule has 0 aliphatic carbocycles. The number of anilines is 1. The first-order valence-corrected chi connectivity index (χ1v) is 7.84. The average Bonchev–Trinajstić information content (AvgIpc) is 2.77. The molecule has 6 heteroatoms. The second-order valence-corrected chi connectivity index (χ2v) is 6.45. The Morgan fingerprint density at radius 1 is 1.50 bits per heavy atom. The number of nitrogens with zero attached hydrogens (tertiary/aromatic N) is 1. The van der Waals surface area contributed by atoms with Crippen molar-refractivity contribution >= 4 is 23.1 Å². The minimum Gasteiger partial charge on any atom is -0.378 e. The van der Waals surface area contributed by atoms with Crippen LogP contribution in [0, 0.1) is 6.92 Å². The van der Waals surface area contributed by atoms with Gasteiger partial charge in [-0.25, -0.2) is 4.79 Å². The third-order valence-corrected chi connectivity index (χ3v) is 4.45. The molecule has 0 saturated carbocycles. The van der Waals surface area contributed by atoms with Crippen LogP contribution in [-0.4, -0.2) is 49.3 Å². The number of nitrogens with one attached hydrogen (secondary N) is 2. The molecule has 2 heterocycles. The van der Waals surface area contributed by atoms with Gasteiger partial charge in [-0.05, 0) is 31.7 Å². The molecule has 0 unspecified atom stereocenters. The van der Waals surface area contributed by atoms with Crippen molar-refractivity contribution in [2.45, 2.75) is 26.3 Å². The topological polar surface area (TPSA) is 53.6 Å². The fraction of sp³-hybridized carbons (Fsp3) is 0.643. The first-order valence-electron chi connectivity index (χ1n) is 6.89. The van der Waals surface area contributed by atoms with E-state index in [1.807, 2.05) is 17.7 Å². The monoisotopic (exact) mass is 297 g/mol. The highest BCUT2D eigenvalue weighted by molar-refractivity contribution is 7.08. The van der Waals surface area contributed by atoms with Crippen molar-refractivity contribution in [2.75, 3.05) is 38.2 Å². The Bertz CT molecular complexity index is 459. The lowest BCUT2D eigenvalue weighted by Gasteiger charge is -2.42. The number of aryl methyl sites for hydroxylation is 1. The lowest BCUT2D eigenvalue weighted by atomic mass is 10.0. The number of carbonyl (C=O) groups excluding carboxylic acids is 1. The van der Waals surface area contributed by atoms with E-state index in [9.17, 15) is 4.79 Å². The number of carbonyl (C=O) groups is 1. The molecule has 1 saturated heterocycles. The third-order valence-electron chi connectivity index (χ3n) is 3.59. The van der Waals surface area contributed by atoms with Gasteiger partial charge in [-0.2, -0.15) is 0 Å². The smallest absolute Gasteiger partial charge is 0.319 e. The molecule has 0 aromatic carbocycles. The summed E-state index contributed by atoms with van der Waals surface area (Å²) in [5.41, 5.74) is 2.03. The van der Waals surface area contributed by atoms with Crippen LogP contribution >= 0.6 is 11.3 Å². The van der Waals surface area contributed by atoms with E-state index in [0.29, 0.717) is 6.54 Å². The number of amides is 2. The second kappa shape index (κ2) is 6.56. The highest BCUT2D eigenvalue weighted by Gasteiger charge is 2.29. The SMILES string of the molecule is Cc1cscc1NC(=O)NCCN1CCOCC1(C)C. The zero-order chi connectivity index (χ0) is 14.6. The molecule has 2 N–H and O–H groups in total. The molecule has 1 aromatic rings. The number of urea groups is 1. The Labute approximate surface area is 124 Å². The summed E-state index contributed by atoms with van der Waals surface area (Å²) >= 11 is 1.59. The first-order chi connectivity index (χ1) is 9.49. The van der Waals surface area contributed by atoms with Crippen LogP contribution in [0.15, 0.2) is 10.8 Å². The Morgan fingerprint density at radius 3 is 2.95 bits per heavy atom. The minimum atomic E-state index is -0.141. The number of thiophene rings is 1. The Balaban J connectivity index is 1.73. The zero-order valence-corrected chi connectivity index (χ0v) is 13.2. The third kappa shape index (κ3) is 3.94. The first kappa shape index (κ1) is 15.3. The number of rotatable bonds is 4. The van der Waals surface area contributed by atoms with Gasteiger partial charge in [0.2, 0.25) is 0 Å². The quantitative estimate of drug-likeness (QED) is 0.896. The van der Waals surface area contributed by atoms with E-state index in [4.69, 9.17) is 4.74 Å². The van der Waals surface area contributed by atoms with E-state index in [-0.39, 0.29) is 11.6 Å². The summed E-state index contributed by atoms with van der Waals surface area (Å²) in [6.07, 6.45) is 0. The van der Waals surface area contributed by atoms with Gasteiger partial charge < -0.3 is 15.4 Å². The molecule has 1 aliphatic rings. The van der Waals surface area contributed by atoms with Crippen molar-refractivity contribution in [3.05, 3.63) is 16.3 Å². The maximum absolute atomic E-state index is 11.8. The predicted octanol–water partition coefficient (Wildman–Crippen LogP) is 2.29. The summed E-state index contributed by atoms with van der Waals surface area (Å²) in [7, 11) is 0. The van der Waals surface area contributed by atoms with Gasteiger partial charge >= 0.3 is 6.03 Å². The fourth-order valence-corrected chi connectivity index (χ4v) is 3.04. The molecule has 20 heavy (non-hydrogen) atoms. The van der Waals surface area contributed by atoms with E-state index in [0.717, 1.165) is 37.6 Å². The van der Waals surface area contributed by atoms with Gasteiger partial charge in [0.25, 0.3) is 0 Å². The number of hydrogen-bond donors (Lipinski definition) is 2. The molecule has 0 radical (unpaired) electrons. The van der Waals surface area contributed by atoms with Crippen LogP contribution in [0.5, 0.6) is 0 Å². The number of hydrogen-bond acceptors (Lipinski definition) is 4. The van der Waals surface area contributed by atoms with E-state index < -0.39 is 0 Å². The lowest BCUT2D eigenvalue weighted by molar-refractivity contribution is -0.0497. The van der Waals surface area contributed by atoms with Gasteiger partial charge in [0.05, 0.1) is 18.9 Å². The Morgan fingerprint density at radius 2 is 2.30 bits per heavy atom. The predicted molar refractivity (Wildman–Crippen MR) is 82.5 cm³/mol. The van der Waals surface area contributed by atoms with Crippen LogP contribution in [0.2, 0.25) is 0 Å². The highest BCUT2D eigenvalue weighted by Crippen LogP contribution is 2.19. The van der Waals surface area contributed by atoms with E-state index >= 15 is 0 Å². The Hall–Kier alpha value is -1.11. The van der Waals surface area contributed by atoms with Gasteiger partial charge in [0.15, 0.2) is 0 Å². The molecule has 2 rings (SSSR count). The molecule has 1 aromatic heterocycles. The van der Waals surface area contributed by atoms with Crippen LogP contribution in [0.3, 0.4) is 0 Å². The molecule has 5 nitrogen and oxygen atoms in total. The van der Waals surface area contributed by atoms with E-state index in [1.165, 1.54) is 0 Å².